The summed E-state index contributed by atoms with van der Waals surface area (Å²) in [5.41, 5.74) is 7.67. The van der Waals surface area contributed by atoms with Crippen LogP contribution in [0.5, 0.6) is 0 Å². The van der Waals surface area contributed by atoms with Crippen LogP contribution in [0.25, 0.3) is 0 Å². The van der Waals surface area contributed by atoms with Crippen LogP contribution < -0.4 is 5.73 Å². The molecule has 3 nitrogen and oxygen atoms in total. The van der Waals surface area contributed by atoms with Crippen LogP contribution in [-0.2, 0) is 0 Å². The van der Waals surface area contributed by atoms with E-state index in [9.17, 15) is 0 Å². The molecule has 0 fully saturated rings. The molecule has 0 aliphatic heterocycles. The Kier molecular flexibility index (Phi) is 3.69. The fourth-order valence-electron chi connectivity index (χ4n) is 0.964. The number of aryl methyl sites for hydroxylation is 2. The predicted octanol–water partition coefficient (Wildman–Crippen LogP) is 1.53. The van der Waals surface area contributed by atoms with E-state index in [1.807, 2.05) is 26.8 Å². The van der Waals surface area contributed by atoms with Crippen LogP contribution in [-0.4, -0.2) is 21.8 Å². The van der Waals surface area contributed by atoms with Gasteiger partial charge in [-0.05, 0) is 26.8 Å². The van der Waals surface area contributed by atoms with Crippen LogP contribution in [0, 0.1) is 13.8 Å². The molecule has 0 saturated heterocycles. The van der Waals surface area contributed by atoms with Crippen molar-refractivity contribution in [2.24, 2.45) is 5.73 Å². The summed E-state index contributed by atoms with van der Waals surface area (Å²) in [5, 5.41) is 0.829. The molecule has 0 aromatic carbocycles. The van der Waals surface area contributed by atoms with E-state index in [2.05, 4.69) is 9.97 Å². The summed E-state index contributed by atoms with van der Waals surface area (Å²) in [4.78, 5) is 8.60. The normalized spacial score (nSPS) is 12.9. The fourth-order valence-corrected chi connectivity index (χ4v) is 1.79. The fraction of sp³-hybridized carbons (Fsp3) is 0.556. The molecule has 4 heteroatoms. The first-order valence-corrected chi connectivity index (χ1v) is 5.27. The summed E-state index contributed by atoms with van der Waals surface area (Å²) in [6.45, 7) is 5.94. The first-order valence-electron chi connectivity index (χ1n) is 4.28. The third-order valence-corrected chi connectivity index (χ3v) is 2.57. The summed E-state index contributed by atoms with van der Waals surface area (Å²) < 4.78 is 0. The average molecular weight is 197 g/mol. The van der Waals surface area contributed by atoms with Crippen molar-refractivity contribution in [3.05, 3.63) is 17.5 Å². The van der Waals surface area contributed by atoms with Crippen molar-refractivity contribution in [3.8, 4) is 0 Å². The third-order valence-electron chi connectivity index (χ3n) is 1.44. The van der Waals surface area contributed by atoms with Gasteiger partial charge in [0.05, 0.1) is 0 Å². The van der Waals surface area contributed by atoms with Crippen molar-refractivity contribution in [2.75, 3.05) is 5.75 Å². The number of hydrogen-bond donors (Lipinski definition) is 1. The Bertz CT molecular complexity index is 266. The Labute approximate surface area is 83.2 Å². The van der Waals surface area contributed by atoms with E-state index in [0.717, 1.165) is 22.3 Å². The summed E-state index contributed by atoms with van der Waals surface area (Å²) in [7, 11) is 0. The maximum atomic E-state index is 5.64. The van der Waals surface area contributed by atoms with Crippen LogP contribution in [0.4, 0.5) is 0 Å². The Morgan fingerprint density at radius 2 is 1.92 bits per heavy atom. The van der Waals surface area contributed by atoms with Crippen LogP contribution in [0.1, 0.15) is 18.3 Å². The van der Waals surface area contributed by atoms with Crippen molar-refractivity contribution >= 4 is 11.8 Å². The minimum atomic E-state index is 0.189. The van der Waals surface area contributed by atoms with E-state index in [-0.39, 0.29) is 6.04 Å². The third kappa shape index (κ3) is 3.74. The standard InChI is InChI=1S/C9H15N3S/c1-6(10)5-13-9-11-7(2)4-8(3)12-9/h4,6H,5,10H2,1-3H3/t6-/m0/s1. The highest BCUT2D eigenvalue weighted by Gasteiger charge is 2.01. The molecular formula is C9H15N3S. The molecule has 0 amide bonds. The lowest BCUT2D eigenvalue weighted by Gasteiger charge is -2.04. The lowest BCUT2D eigenvalue weighted by molar-refractivity contribution is 0.837. The highest BCUT2D eigenvalue weighted by Crippen LogP contribution is 2.14. The van der Waals surface area contributed by atoms with Gasteiger partial charge in [-0.1, -0.05) is 11.8 Å². The first kappa shape index (κ1) is 10.5. The number of hydrogen-bond acceptors (Lipinski definition) is 4. The number of aromatic nitrogens is 2. The zero-order chi connectivity index (χ0) is 9.84. The summed E-state index contributed by atoms with van der Waals surface area (Å²) in [6, 6.07) is 2.16. The van der Waals surface area contributed by atoms with Crippen molar-refractivity contribution in [2.45, 2.75) is 32.0 Å². The number of thioether (sulfide) groups is 1. The molecular weight excluding hydrogens is 182 g/mol. The van der Waals surface area contributed by atoms with E-state index in [0.29, 0.717) is 0 Å². The van der Waals surface area contributed by atoms with Gasteiger partial charge in [0, 0.05) is 23.2 Å². The molecule has 72 valence electrons. The predicted molar refractivity (Wildman–Crippen MR) is 55.9 cm³/mol. The highest BCUT2D eigenvalue weighted by molar-refractivity contribution is 7.99. The number of nitrogens with two attached hydrogens (primary N) is 1. The van der Waals surface area contributed by atoms with Crippen molar-refractivity contribution in [1.29, 1.82) is 0 Å². The zero-order valence-electron chi connectivity index (χ0n) is 8.24. The minimum Gasteiger partial charge on any atom is -0.327 e. The van der Waals surface area contributed by atoms with E-state index in [4.69, 9.17) is 5.73 Å². The molecule has 1 aromatic rings. The lowest BCUT2D eigenvalue weighted by atomic mass is 10.4. The second-order valence-electron chi connectivity index (χ2n) is 3.22. The van der Waals surface area contributed by atoms with Gasteiger partial charge in [0.15, 0.2) is 5.16 Å². The van der Waals surface area contributed by atoms with E-state index < -0.39 is 0 Å². The molecule has 0 bridgehead atoms. The molecule has 0 radical (unpaired) electrons. The van der Waals surface area contributed by atoms with E-state index in [1.54, 1.807) is 11.8 Å². The summed E-state index contributed by atoms with van der Waals surface area (Å²) in [6.07, 6.45) is 0. The van der Waals surface area contributed by atoms with E-state index >= 15 is 0 Å². The van der Waals surface area contributed by atoms with Crippen LogP contribution in [0.2, 0.25) is 0 Å². The van der Waals surface area contributed by atoms with Gasteiger partial charge in [0.25, 0.3) is 0 Å². The molecule has 2 N–H and O–H groups in total. The summed E-state index contributed by atoms with van der Waals surface area (Å²) >= 11 is 1.61. The van der Waals surface area contributed by atoms with Gasteiger partial charge in [-0.15, -0.1) is 0 Å². The van der Waals surface area contributed by atoms with Crippen LogP contribution in [0.15, 0.2) is 11.2 Å². The monoisotopic (exact) mass is 197 g/mol. The molecule has 13 heavy (non-hydrogen) atoms. The first-order chi connectivity index (χ1) is 6.08. The quantitative estimate of drug-likeness (QED) is 0.590. The van der Waals surface area contributed by atoms with Gasteiger partial charge in [-0.2, -0.15) is 0 Å². The van der Waals surface area contributed by atoms with E-state index in [1.165, 1.54) is 0 Å². The molecule has 0 unspecified atom stereocenters. The van der Waals surface area contributed by atoms with Crippen LogP contribution >= 0.6 is 11.8 Å². The molecule has 1 atom stereocenters. The Hall–Kier alpha value is -0.610. The average Bonchev–Trinajstić information content (AvgIpc) is 1.99. The van der Waals surface area contributed by atoms with Crippen molar-refractivity contribution in [1.82, 2.24) is 9.97 Å². The molecule has 0 saturated carbocycles. The molecule has 0 aliphatic rings. The van der Waals surface area contributed by atoms with Gasteiger partial charge in [0.2, 0.25) is 0 Å². The molecule has 1 heterocycles. The van der Waals surface area contributed by atoms with Crippen molar-refractivity contribution in [3.63, 3.8) is 0 Å². The topological polar surface area (TPSA) is 51.8 Å². The Balaban J connectivity index is 2.66. The Morgan fingerprint density at radius 1 is 1.38 bits per heavy atom. The maximum Gasteiger partial charge on any atom is 0.188 e. The smallest absolute Gasteiger partial charge is 0.188 e. The zero-order valence-corrected chi connectivity index (χ0v) is 9.06. The molecule has 1 rings (SSSR count). The van der Waals surface area contributed by atoms with Gasteiger partial charge in [-0.25, -0.2) is 9.97 Å². The van der Waals surface area contributed by atoms with Crippen molar-refractivity contribution < 1.29 is 0 Å². The minimum absolute atomic E-state index is 0.189. The SMILES string of the molecule is Cc1cc(C)nc(SC[C@H](C)N)n1. The van der Waals surface area contributed by atoms with Gasteiger partial charge in [-0.3, -0.25) is 0 Å². The highest BCUT2D eigenvalue weighted by atomic mass is 32.2. The van der Waals surface area contributed by atoms with Crippen LogP contribution in [0.3, 0.4) is 0 Å². The van der Waals surface area contributed by atoms with Gasteiger partial charge in [0.1, 0.15) is 0 Å². The second-order valence-corrected chi connectivity index (χ2v) is 4.21. The van der Waals surface area contributed by atoms with Gasteiger partial charge < -0.3 is 5.73 Å². The number of rotatable bonds is 3. The molecule has 1 aromatic heterocycles. The largest absolute Gasteiger partial charge is 0.327 e. The lowest BCUT2D eigenvalue weighted by Crippen LogP contribution is -2.17. The Morgan fingerprint density at radius 3 is 2.38 bits per heavy atom. The molecule has 0 spiro atoms. The molecule has 0 aliphatic carbocycles. The van der Waals surface area contributed by atoms with Gasteiger partial charge >= 0.3 is 0 Å². The summed E-state index contributed by atoms with van der Waals surface area (Å²) in [5.74, 6) is 0.864. The maximum absolute atomic E-state index is 5.64. The second kappa shape index (κ2) is 4.58. The number of nitrogens with zero attached hydrogens (tertiary/aromatic N) is 2.